The van der Waals surface area contributed by atoms with Crippen molar-refractivity contribution in [2.24, 2.45) is 11.8 Å². The van der Waals surface area contributed by atoms with Crippen LogP contribution in [-0.2, 0) is 18.9 Å². The van der Waals surface area contributed by atoms with Crippen molar-refractivity contribution < 1.29 is 18.9 Å². The zero-order valence-corrected chi connectivity index (χ0v) is 22.3. The topological polar surface area (TPSA) is 25.8 Å². The van der Waals surface area contributed by atoms with Gasteiger partial charge in [-0.15, -0.1) is 0 Å². The monoisotopic (exact) mass is 558 g/mol. The van der Waals surface area contributed by atoms with E-state index in [1.165, 1.54) is 11.1 Å². The van der Waals surface area contributed by atoms with Gasteiger partial charge < -0.3 is 0 Å². The van der Waals surface area contributed by atoms with Crippen LogP contribution < -0.4 is 0 Å². The molecule has 3 aromatic rings. The zero-order chi connectivity index (χ0) is 23.3. The van der Waals surface area contributed by atoms with Crippen molar-refractivity contribution >= 4 is 25.8 Å². The summed E-state index contributed by atoms with van der Waals surface area (Å²) in [5.41, 5.74) is 6.27. The van der Waals surface area contributed by atoms with Crippen molar-refractivity contribution in [1.29, 1.82) is 0 Å². The van der Waals surface area contributed by atoms with Gasteiger partial charge in [-0.3, -0.25) is 0 Å². The number of hydrogen-bond donors (Lipinski definition) is 0. The molecule has 0 aliphatic heterocycles. The van der Waals surface area contributed by atoms with Gasteiger partial charge in [0, 0.05) is 0 Å². The Bertz CT molecular complexity index is 1300. The van der Waals surface area contributed by atoms with Crippen LogP contribution in [0, 0.1) is 11.8 Å². The standard InChI is InChI=1S/C29H22N2.2ClH.Zr/c1-2-11-22(12-3-1)21-24-15-10-16-25(23-13-4-5-14-23)28(24)29(26-17-6-8-19-30-26)27-18-7-9-20-31-27;;;/h1-20,23-24H;2*1H;/q;;;+2/p-2. The van der Waals surface area contributed by atoms with E-state index in [0.717, 1.165) is 25.7 Å². The molecule has 5 rings (SSSR count). The van der Waals surface area contributed by atoms with Crippen molar-refractivity contribution in [3.63, 3.8) is 0 Å². The third-order valence-corrected chi connectivity index (χ3v) is 10.9. The Morgan fingerprint density at radius 3 is 1.88 bits per heavy atom. The van der Waals surface area contributed by atoms with Gasteiger partial charge in [-0.05, 0) is 0 Å². The quantitative estimate of drug-likeness (QED) is 0.328. The molecule has 2 heterocycles. The van der Waals surface area contributed by atoms with Crippen molar-refractivity contribution in [2.75, 3.05) is 0 Å². The second-order valence-electron chi connectivity index (χ2n) is 8.04. The first-order chi connectivity index (χ1) is 16.7. The van der Waals surface area contributed by atoms with E-state index in [-0.39, 0.29) is 11.8 Å². The third-order valence-electron chi connectivity index (χ3n) is 6.02. The molecule has 1 unspecified atom stereocenters. The minimum absolute atomic E-state index is 0.0618. The van der Waals surface area contributed by atoms with Crippen LogP contribution in [0.1, 0.15) is 17.0 Å². The Hall–Kier alpha value is -2.45. The molecule has 0 amide bonds. The number of halogens is 2. The van der Waals surface area contributed by atoms with E-state index < -0.39 is 18.9 Å². The molecule has 0 saturated heterocycles. The molecular formula is C29H22Cl2N2Zr. The van der Waals surface area contributed by atoms with Crippen LogP contribution in [0.5, 0.6) is 0 Å². The van der Waals surface area contributed by atoms with Gasteiger partial charge in [0.05, 0.1) is 0 Å². The van der Waals surface area contributed by atoms with E-state index in [4.69, 9.17) is 27.0 Å². The Morgan fingerprint density at radius 2 is 1.32 bits per heavy atom. The summed E-state index contributed by atoms with van der Waals surface area (Å²) in [4.78, 5) is 9.52. The maximum atomic E-state index is 6.87. The number of nitrogens with zero attached hydrogens (tertiary/aromatic N) is 2. The van der Waals surface area contributed by atoms with Crippen molar-refractivity contribution in [2.45, 2.75) is 0 Å². The Balaban J connectivity index is 1.83. The van der Waals surface area contributed by atoms with E-state index in [2.05, 4.69) is 54.7 Å². The number of allylic oxidation sites excluding steroid dienone is 9. The van der Waals surface area contributed by atoms with E-state index in [1.807, 2.05) is 67.0 Å². The van der Waals surface area contributed by atoms with Gasteiger partial charge in [0.15, 0.2) is 0 Å². The van der Waals surface area contributed by atoms with Crippen LogP contribution in [0.2, 0.25) is 0 Å². The number of aromatic nitrogens is 2. The summed E-state index contributed by atoms with van der Waals surface area (Å²) in [7, 11) is 13.7. The fraction of sp³-hybridized carbons (Fsp3) is 0.0690. The fourth-order valence-corrected chi connectivity index (χ4v) is 9.36. The summed E-state index contributed by atoms with van der Waals surface area (Å²) < 4.78 is 1.14. The Labute approximate surface area is 214 Å². The Morgan fingerprint density at radius 1 is 0.706 bits per heavy atom. The maximum absolute atomic E-state index is 6.87. The van der Waals surface area contributed by atoms with E-state index in [1.54, 1.807) is 0 Å². The van der Waals surface area contributed by atoms with E-state index in [0.29, 0.717) is 0 Å². The van der Waals surface area contributed by atoms with Gasteiger partial charge in [-0.25, -0.2) is 0 Å². The summed E-state index contributed by atoms with van der Waals surface area (Å²) >= 11 is -2.89. The molecule has 0 spiro atoms. The van der Waals surface area contributed by atoms with Crippen molar-refractivity contribution in [1.82, 2.24) is 9.97 Å². The average Bonchev–Trinajstić information content (AvgIpc) is 3.42. The van der Waals surface area contributed by atoms with Crippen LogP contribution in [0.3, 0.4) is 0 Å². The third kappa shape index (κ3) is 4.84. The van der Waals surface area contributed by atoms with Crippen LogP contribution in [-0.4, -0.2) is 13.2 Å². The summed E-state index contributed by atoms with van der Waals surface area (Å²) in [5.74, 6) is 0.104. The van der Waals surface area contributed by atoms with Gasteiger partial charge in [-0.1, -0.05) is 0 Å². The predicted octanol–water partition coefficient (Wildman–Crippen LogP) is 7.28. The number of benzene rings is 1. The number of pyridine rings is 2. The second-order valence-corrected chi connectivity index (χ2v) is 16.3. The molecule has 0 bridgehead atoms. The molecule has 2 aromatic heterocycles. The second kappa shape index (κ2) is 10.9. The first kappa shape index (κ1) is 23.3. The summed E-state index contributed by atoms with van der Waals surface area (Å²) in [6, 6.07) is 22.3. The first-order valence-corrected chi connectivity index (χ1v) is 18.7. The van der Waals surface area contributed by atoms with Gasteiger partial charge in [0.1, 0.15) is 0 Å². The molecule has 5 heteroatoms. The first-order valence-electron chi connectivity index (χ1n) is 11.2. The normalized spacial score (nSPS) is 17.1. The Kier molecular flexibility index (Phi) is 7.45. The zero-order valence-electron chi connectivity index (χ0n) is 18.4. The van der Waals surface area contributed by atoms with Crippen LogP contribution >= 0.6 is 17.0 Å². The van der Waals surface area contributed by atoms with Gasteiger partial charge in [-0.2, -0.15) is 0 Å². The summed E-state index contributed by atoms with van der Waals surface area (Å²) in [5, 5.41) is 0. The van der Waals surface area contributed by atoms with E-state index in [9.17, 15) is 0 Å². The molecule has 34 heavy (non-hydrogen) atoms. The molecule has 1 aromatic carbocycles. The van der Waals surface area contributed by atoms with Gasteiger partial charge in [0.25, 0.3) is 0 Å². The van der Waals surface area contributed by atoms with E-state index >= 15 is 0 Å². The molecule has 2 nitrogen and oxygen atoms in total. The molecule has 0 saturated carbocycles. The molecule has 2 aliphatic carbocycles. The molecule has 1 atom stereocenters. The van der Waals surface area contributed by atoms with Crippen LogP contribution in [0.4, 0.5) is 0 Å². The molecular weight excluding hydrogens is 538 g/mol. The number of rotatable bonds is 5. The molecule has 166 valence electrons. The van der Waals surface area contributed by atoms with Crippen molar-refractivity contribution in [3.8, 4) is 0 Å². The SMILES string of the molecule is [Cl][Zr]([Cl])=[C](c1ccccc1)C1C=CC=C(C2C=CC=C2)C1=C(c1ccccn1)c1ccccn1. The molecule has 2 aliphatic rings. The fourth-order valence-electron chi connectivity index (χ4n) is 4.56. The average molecular weight is 561 g/mol. The van der Waals surface area contributed by atoms with Crippen LogP contribution in [0.15, 0.2) is 133 Å². The molecule has 0 N–H and O–H groups in total. The summed E-state index contributed by atoms with van der Waals surface area (Å²) in [6.45, 7) is 0. The van der Waals surface area contributed by atoms with Gasteiger partial charge in [0.2, 0.25) is 0 Å². The molecule has 0 fully saturated rings. The number of hydrogen-bond acceptors (Lipinski definition) is 2. The van der Waals surface area contributed by atoms with Crippen LogP contribution in [0.25, 0.3) is 5.57 Å². The summed E-state index contributed by atoms with van der Waals surface area (Å²) in [6.07, 6.45) is 18.9. The van der Waals surface area contributed by atoms with Gasteiger partial charge >= 0.3 is 216 Å². The molecule has 0 radical (unpaired) electrons. The van der Waals surface area contributed by atoms with Crippen molar-refractivity contribution in [3.05, 3.63) is 150 Å². The predicted molar refractivity (Wildman–Crippen MR) is 139 cm³/mol. The minimum atomic E-state index is -2.89.